The lowest BCUT2D eigenvalue weighted by molar-refractivity contribution is -0.130. The van der Waals surface area contributed by atoms with E-state index in [0.717, 1.165) is 42.6 Å². The van der Waals surface area contributed by atoms with E-state index in [-0.39, 0.29) is 31.8 Å². The number of aliphatic hydroxyl groups is 2. The number of carbonyl (C=O) groups excluding carboxylic acids is 2. The van der Waals surface area contributed by atoms with Crippen LogP contribution in [0, 0.1) is 17.8 Å². The van der Waals surface area contributed by atoms with Gasteiger partial charge in [-0.05, 0) is 54.7 Å². The summed E-state index contributed by atoms with van der Waals surface area (Å²) in [6.45, 7) is 3.70. The van der Waals surface area contributed by atoms with Gasteiger partial charge in [0.15, 0.2) is 0 Å². The Morgan fingerprint density at radius 1 is 0.922 bits per heavy atom. The molecule has 3 aromatic rings. The molecule has 1 aliphatic carbocycles. The maximum absolute atomic E-state index is 14.0. The number of aromatic amines is 1. The van der Waals surface area contributed by atoms with Crippen LogP contribution in [0.3, 0.4) is 0 Å². The van der Waals surface area contributed by atoms with E-state index in [1.165, 1.54) is 6.33 Å². The number of hydrogen-bond donors (Lipinski definition) is 7. The average Bonchev–Trinajstić information content (AvgIpc) is 3.64. The van der Waals surface area contributed by atoms with Crippen LogP contribution >= 0.6 is 0 Å². The predicted octanol–water partition coefficient (Wildman–Crippen LogP) is 3.42. The predicted molar refractivity (Wildman–Crippen MR) is 193 cm³/mol. The first kappa shape index (κ1) is 39.5. The summed E-state index contributed by atoms with van der Waals surface area (Å²) in [4.78, 5) is 52.0. The Balaban J connectivity index is 1.49. The molecule has 0 spiro atoms. The number of rotatable bonds is 19. The SMILES string of the molecule is CC(C)[C@H](C[C@H](O)[C@H](CC1CCCCC1)NC(=O)[C@H](Cc1c[nH]cn1)NC(=O)[C@@H](N)Cc1ccccc1)C(O)CN(Cc1ccccn1)C(=O)O. The van der Waals surface area contributed by atoms with Gasteiger partial charge in [-0.15, -0.1) is 0 Å². The smallest absolute Gasteiger partial charge is 0.407 e. The minimum Gasteiger partial charge on any atom is -0.465 e. The van der Waals surface area contributed by atoms with Gasteiger partial charge in [0.05, 0.1) is 55.1 Å². The summed E-state index contributed by atoms with van der Waals surface area (Å²) < 4.78 is 0. The van der Waals surface area contributed by atoms with Crippen molar-refractivity contribution in [3.8, 4) is 0 Å². The van der Waals surface area contributed by atoms with Crippen molar-refractivity contribution in [2.24, 2.45) is 23.5 Å². The monoisotopic (exact) mass is 705 g/mol. The number of amides is 3. The first-order chi connectivity index (χ1) is 24.5. The van der Waals surface area contributed by atoms with Crippen molar-refractivity contribution >= 4 is 17.9 Å². The molecule has 8 N–H and O–H groups in total. The second kappa shape index (κ2) is 19.9. The largest absolute Gasteiger partial charge is 0.465 e. The van der Waals surface area contributed by atoms with Crippen LogP contribution in [-0.4, -0.2) is 90.0 Å². The minimum absolute atomic E-state index is 0.0130. The van der Waals surface area contributed by atoms with E-state index in [1.54, 1.807) is 30.6 Å². The molecule has 2 aromatic heterocycles. The van der Waals surface area contributed by atoms with Gasteiger partial charge >= 0.3 is 6.09 Å². The Hall–Kier alpha value is -4.33. The summed E-state index contributed by atoms with van der Waals surface area (Å²) in [7, 11) is 0. The van der Waals surface area contributed by atoms with Crippen LogP contribution in [0.4, 0.5) is 4.79 Å². The van der Waals surface area contributed by atoms with Crippen molar-refractivity contribution in [1.29, 1.82) is 0 Å². The molecule has 1 unspecified atom stereocenters. The van der Waals surface area contributed by atoms with Crippen molar-refractivity contribution in [1.82, 2.24) is 30.5 Å². The van der Waals surface area contributed by atoms with Crippen molar-refractivity contribution < 1.29 is 29.7 Å². The number of nitrogens with one attached hydrogen (secondary N) is 3. The number of imidazole rings is 1. The van der Waals surface area contributed by atoms with E-state index in [2.05, 4.69) is 25.6 Å². The molecule has 2 heterocycles. The zero-order valence-corrected chi connectivity index (χ0v) is 29.7. The van der Waals surface area contributed by atoms with Gasteiger partial charge in [-0.1, -0.05) is 82.3 Å². The van der Waals surface area contributed by atoms with E-state index >= 15 is 0 Å². The summed E-state index contributed by atoms with van der Waals surface area (Å²) in [6, 6.07) is 12.1. The molecule has 0 radical (unpaired) electrons. The highest BCUT2D eigenvalue weighted by molar-refractivity contribution is 5.90. The quantitative estimate of drug-likeness (QED) is 0.0974. The van der Waals surface area contributed by atoms with Gasteiger partial charge in [-0.25, -0.2) is 9.78 Å². The molecule has 1 aromatic carbocycles. The fraction of sp³-hybridized carbons (Fsp3) is 0.553. The van der Waals surface area contributed by atoms with E-state index in [0.29, 0.717) is 30.1 Å². The van der Waals surface area contributed by atoms with Gasteiger partial charge in [-0.3, -0.25) is 19.5 Å². The second-order valence-electron chi connectivity index (χ2n) is 14.2. The number of benzene rings is 1. The fourth-order valence-corrected chi connectivity index (χ4v) is 7.01. The molecule has 13 nitrogen and oxygen atoms in total. The van der Waals surface area contributed by atoms with Crippen molar-refractivity contribution in [2.75, 3.05) is 6.54 Å². The molecule has 1 saturated carbocycles. The van der Waals surface area contributed by atoms with E-state index in [9.17, 15) is 29.7 Å². The number of hydrogen-bond acceptors (Lipinski definition) is 8. The third-order valence-corrected chi connectivity index (χ3v) is 9.96. The maximum atomic E-state index is 14.0. The fourth-order valence-electron chi connectivity index (χ4n) is 7.01. The average molecular weight is 706 g/mol. The number of nitrogens with zero attached hydrogens (tertiary/aromatic N) is 3. The lowest BCUT2D eigenvalue weighted by Gasteiger charge is -2.36. The summed E-state index contributed by atoms with van der Waals surface area (Å²) in [6.07, 6.45) is 7.79. The zero-order valence-electron chi connectivity index (χ0n) is 29.7. The molecule has 51 heavy (non-hydrogen) atoms. The van der Waals surface area contributed by atoms with Gasteiger partial charge in [0.25, 0.3) is 0 Å². The normalized spacial score (nSPS) is 17.1. The van der Waals surface area contributed by atoms with E-state index in [4.69, 9.17) is 5.73 Å². The summed E-state index contributed by atoms with van der Waals surface area (Å²) in [5.74, 6) is -1.24. The minimum atomic E-state index is -1.18. The number of pyridine rings is 1. The molecule has 278 valence electrons. The maximum Gasteiger partial charge on any atom is 0.407 e. The summed E-state index contributed by atoms with van der Waals surface area (Å²) in [5.41, 5.74) is 8.31. The van der Waals surface area contributed by atoms with E-state index < -0.39 is 54.2 Å². The van der Waals surface area contributed by atoms with Gasteiger partial charge in [0.1, 0.15) is 6.04 Å². The molecular formula is C38H55N7O6. The molecule has 1 fully saturated rings. The van der Waals surface area contributed by atoms with Crippen molar-refractivity contribution in [2.45, 2.75) is 109 Å². The Kier molecular flexibility index (Phi) is 15.4. The first-order valence-corrected chi connectivity index (χ1v) is 18.1. The van der Waals surface area contributed by atoms with Crippen molar-refractivity contribution in [3.63, 3.8) is 0 Å². The molecular weight excluding hydrogens is 650 g/mol. The number of nitrogens with two attached hydrogens (primary N) is 1. The van der Waals surface area contributed by atoms with Crippen LogP contribution in [0.15, 0.2) is 67.3 Å². The zero-order chi connectivity index (χ0) is 36.8. The van der Waals surface area contributed by atoms with Crippen LogP contribution in [0.1, 0.15) is 75.7 Å². The molecule has 0 saturated heterocycles. The molecule has 6 atom stereocenters. The topological polar surface area (TPSA) is 207 Å². The lowest BCUT2D eigenvalue weighted by atomic mass is 9.79. The van der Waals surface area contributed by atoms with Crippen LogP contribution in [0.25, 0.3) is 0 Å². The van der Waals surface area contributed by atoms with Crippen LogP contribution in [0.5, 0.6) is 0 Å². The highest BCUT2D eigenvalue weighted by atomic mass is 16.4. The second-order valence-corrected chi connectivity index (χ2v) is 14.2. The Morgan fingerprint density at radius 3 is 2.27 bits per heavy atom. The molecule has 13 heteroatoms. The Bertz CT molecular complexity index is 1470. The number of carbonyl (C=O) groups is 3. The Morgan fingerprint density at radius 2 is 1.65 bits per heavy atom. The third kappa shape index (κ3) is 12.7. The third-order valence-electron chi connectivity index (χ3n) is 9.96. The first-order valence-electron chi connectivity index (χ1n) is 18.1. The van der Waals surface area contributed by atoms with Gasteiger partial charge in [0.2, 0.25) is 11.8 Å². The molecule has 4 rings (SSSR count). The van der Waals surface area contributed by atoms with Crippen LogP contribution in [0.2, 0.25) is 0 Å². The molecule has 0 aliphatic heterocycles. The molecule has 0 bridgehead atoms. The summed E-state index contributed by atoms with van der Waals surface area (Å²) >= 11 is 0. The van der Waals surface area contributed by atoms with Crippen LogP contribution < -0.4 is 16.4 Å². The van der Waals surface area contributed by atoms with E-state index in [1.807, 2.05) is 44.2 Å². The highest BCUT2D eigenvalue weighted by Crippen LogP contribution is 2.30. The lowest BCUT2D eigenvalue weighted by Crippen LogP contribution is -2.56. The van der Waals surface area contributed by atoms with Gasteiger partial charge in [0, 0.05) is 18.8 Å². The molecule has 3 amide bonds. The number of H-pyrrole nitrogens is 1. The highest BCUT2D eigenvalue weighted by Gasteiger charge is 2.35. The number of carboxylic acid groups (broad SMARTS) is 1. The number of aromatic nitrogens is 3. The Labute approximate surface area is 300 Å². The molecule has 1 aliphatic rings. The summed E-state index contributed by atoms with van der Waals surface area (Å²) in [5, 5.41) is 39.0. The van der Waals surface area contributed by atoms with Crippen molar-refractivity contribution in [3.05, 3.63) is 84.2 Å². The standard InChI is InChI=1S/C38H55N7O6/c1-25(2)30(35(47)23-45(38(50)51)22-28-15-9-10-16-41-28)20-34(46)32(18-27-13-7-4-8-14-27)43-37(49)33(19-29-21-40-24-42-29)44-36(48)31(39)17-26-11-5-3-6-12-26/h3,5-6,9-12,15-16,21,24-25,27,30-35,46-47H,4,7-8,13-14,17-20,22-23,39H2,1-2H3,(H,40,42)(H,43,49)(H,44,48)(H,50,51)/t30-,31-,32-,33-,34-,35?/m0/s1. The van der Waals surface area contributed by atoms with Crippen LogP contribution in [-0.2, 0) is 29.0 Å². The van der Waals surface area contributed by atoms with Gasteiger partial charge < -0.3 is 36.7 Å². The van der Waals surface area contributed by atoms with Gasteiger partial charge in [-0.2, -0.15) is 0 Å². The number of aliphatic hydroxyl groups excluding tert-OH is 2.